The molecular formula is C19H26N2O4. The van der Waals surface area contributed by atoms with Crippen LogP contribution in [0.15, 0.2) is 41.2 Å². The van der Waals surface area contributed by atoms with Gasteiger partial charge in [-0.15, -0.1) is 0 Å². The number of hydrogen-bond donors (Lipinski definition) is 1. The number of amides is 1. The molecule has 0 aliphatic rings. The fourth-order valence-corrected chi connectivity index (χ4v) is 2.44. The number of carbonyl (C=O) groups excluding carboxylic acids is 1. The molecule has 2 aromatic rings. The first kappa shape index (κ1) is 18.9. The molecule has 6 heteroatoms. The summed E-state index contributed by atoms with van der Waals surface area (Å²) in [6.45, 7) is 8.17. The highest BCUT2D eigenvalue weighted by atomic mass is 16.5. The van der Waals surface area contributed by atoms with Crippen molar-refractivity contribution in [2.24, 2.45) is 0 Å². The minimum atomic E-state index is -0.174. The maximum Gasteiger partial charge on any atom is 0.254 e. The third kappa shape index (κ3) is 5.53. The third-order valence-electron chi connectivity index (χ3n) is 4.02. The van der Waals surface area contributed by atoms with Gasteiger partial charge in [-0.05, 0) is 36.9 Å². The summed E-state index contributed by atoms with van der Waals surface area (Å²) in [5.74, 6) is 1.20. The Morgan fingerprint density at radius 3 is 2.64 bits per heavy atom. The van der Waals surface area contributed by atoms with Gasteiger partial charge in [-0.2, -0.15) is 0 Å². The van der Waals surface area contributed by atoms with E-state index in [0.717, 1.165) is 25.2 Å². The van der Waals surface area contributed by atoms with Crippen LogP contribution in [0.4, 0.5) is 0 Å². The Morgan fingerprint density at radius 2 is 2.00 bits per heavy atom. The van der Waals surface area contributed by atoms with Gasteiger partial charge in [-0.3, -0.25) is 4.79 Å². The van der Waals surface area contributed by atoms with Gasteiger partial charge >= 0.3 is 0 Å². The van der Waals surface area contributed by atoms with E-state index in [1.54, 1.807) is 13.2 Å². The summed E-state index contributed by atoms with van der Waals surface area (Å²) < 4.78 is 16.2. The molecular weight excluding hydrogens is 320 g/mol. The van der Waals surface area contributed by atoms with Crippen LogP contribution in [0.25, 0.3) is 0 Å². The number of ether oxygens (including phenoxy) is 2. The van der Waals surface area contributed by atoms with Crippen molar-refractivity contribution in [1.29, 1.82) is 0 Å². The summed E-state index contributed by atoms with van der Waals surface area (Å²) in [6, 6.07) is 7.30. The molecule has 1 aromatic heterocycles. The van der Waals surface area contributed by atoms with Crippen LogP contribution in [0.1, 0.15) is 29.8 Å². The van der Waals surface area contributed by atoms with Crippen LogP contribution in [0.5, 0.6) is 11.5 Å². The van der Waals surface area contributed by atoms with Crippen molar-refractivity contribution in [2.75, 3.05) is 33.4 Å². The van der Waals surface area contributed by atoms with Crippen LogP contribution >= 0.6 is 0 Å². The van der Waals surface area contributed by atoms with E-state index in [4.69, 9.17) is 13.9 Å². The summed E-state index contributed by atoms with van der Waals surface area (Å²) in [5.41, 5.74) is 1.44. The Bertz CT molecular complexity index is 651. The lowest BCUT2D eigenvalue weighted by Crippen LogP contribution is -2.28. The normalized spacial score (nSPS) is 10.7. The molecule has 136 valence electrons. The highest BCUT2D eigenvalue weighted by Gasteiger charge is 2.09. The van der Waals surface area contributed by atoms with Gasteiger partial charge in [0.2, 0.25) is 0 Å². The van der Waals surface area contributed by atoms with Crippen LogP contribution in [0.3, 0.4) is 0 Å². The zero-order valence-electron chi connectivity index (χ0n) is 15.1. The summed E-state index contributed by atoms with van der Waals surface area (Å²) in [4.78, 5) is 14.2. The fourth-order valence-electron chi connectivity index (χ4n) is 2.44. The average Bonchev–Trinajstić information content (AvgIpc) is 3.18. The molecule has 0 spiro atoms. The minimum Gasteiger partial charge on any atom is -0.493 e. The Kier molecular flexibility index (Phi) is 7.35. The third-order valence-corrected chi connectivity index (χ3v) is 4.02. The predicted octanol–water partition coefficient (Wildman–Crippen LogP) is 2.94. The van der Waals surface area contributed by atoms with E-state index >= 15 is 0 Å². The number of nitrogens with zero attached hydrogens (tertiary/aromatic N) is 1. The summed E-state index contributed by atoms with van der Waals surface area (Å²) in [7, 11) is 1.61. The van der Waals surface area contributed by atoms with Gasteiger partial charge in [-0.1, -0.05) is 19.9 Å². The SMILES string of the molecule is CCN(CC)CCOc1ccc(CNC(=O)c2ccoc2)cc1OC. The predicted molar refractivity (Wildman–Crippen MR) is 96.2 cm³/mol. The number of rotatable bonds is 10. The molecule has 0 aliphatic heterocycles. The van der Waals surface area contributed by atoms with Crippen molar-refractivity contribution in [3.63, 3.8) is 0 Å². The van der Waals surface area contributed by atoms with Crippen LogP contribution in [0.2, 0.25) is 0 Å². The Labute approximate surface area is 148 Å². The molecule has 0 unspecified atom stereocenters. The largest absolute Gasteiger partial charge is 0.493 e. The Hall–Kier alpha value is -2.47. The maximum absolute atomic E-state index is 11.9. The molecule has 0 saturated heterocycles. The van der Waals surface area contributed by atoms with Gasteiger partial charge in [0, 0.05) is 13.1 Å². The van der Waals surface area contributed by atoms with Gasteiger partial charge in [-0.25, -0.2) is 0 Å². The second-order valence-electron chi connectivity index (χ2n) is 5.56. The average molecular weight is 346 g/mol. The molecule has 1 aromatic carbocycles. The highest BCUT2D eigenvalue weighted by Crippen LogP contribution is 2.28. The zero-order chi connectivity index (χ0) is 18.1. The molecule has 0 fully saturated rings. The monoisotopic (exact) mass is 346 g/mol. The second kappa shape index (κ2) is 9.74. The first-order valence-corrected chi connectivity index (χ1v) is 8.50. The van der Waals surface area contributed by atoms with Gasteiger partial charge in [0.15, 0.2) is 11.5 Å². The van der Waals surface area contributed by atoms with E-state index in [0.29, 0.717) is 30.2 Å². The molecule has 0 radical (unpaired) electrons. The van der Waals surface area contributed by atoms with Crippen molar-refractivity contribution in [2.45, 2.75) is 20.4 Å². The molecule has 1 N–H and O–H groups in total. The molecule has 6 nitrogen and oxygen atoms in total. The smallest absolute Gasteiger partial charge is 0.254 e. The summed E-state index contributed by atoms with van der Waals surface area (Å²) in [6.07, 6.45) is 2.89. The molecule has 25 heavy (non-hydrogen) atoms. The van der Waals surface area contributed by atoms with Crippen LogP contribution in [-0.2, 0) is 6.54 Å². The number of likely N-dealkylation sites (N-methyl/N-ethyl adjacent to an activating group) is 1. The molecule has 0 bridgehead atoms. The second-order valence-corrected chi connectivity index (χ2v) is 5.56. The standard InChI is InChI=1S/C19H26N2O4/c1-4-21(5-2)9-11-25-17-7-6-15(12-18(17)23-3)13-20-19(22)16-8-10-24-14-16/h6-8,10,12,14H,4-5,9,11,13H2,1-3H3,(H,20,22). The number of carbonyl (C=O) groups is 1. The highest BCUT2D eigenvalue weighted by molar-refractivity contribution is 5.93. The van der Waals surface area contributed by atoms with Gasteiger partial charge in [0.1, 0.15) is 12.9 Å². The van der Waals surface area contributed by atoms with Crippen LogP contribution < -0.4 is 14.8 Å². The van der Waals surface area contributed by atoms with Crippen molar-refractivity contribution in [1.82, 2.24) is 10.2 Å². The molecule has 1 amide bonds. The first-order chi connectivity index (χ1) is 12.2. The molecule has 2 rings (SSSR count). The molecule has 0 aliphatic carbocycles. The molecule has 0 saturated carbocycles. The van der Waals surface area contributed by atoms with E-state index in [1.807, 2.05) is 18.2 Å². The van der Waals surface area contributed by atoms with E-state index in [-0.39, 0.29) is 5.91 Å². The van der Waals surface area contributed by atoms with Crippen LogP contribution in [-0.4, -0.2) is 44.2 Å². The van der Waals surface area contributed by atoms with Gasteiger partial charge in [0.25, 0.3) is 5.91 Å². The van der Waals surface area contributed by atoms with Crippen molar-refractivity contribution >= 4 is 5.91 Å². The number of furan rings is 1. The lowest BCUT2D eigenvalue weighted by atomic mass is 10.2. The zero-order valence-corrected chi connectivity index (χ0v) is 15.1. The van der Waals surface area contributed by atoms with E-state index in [9.17, 15) is 4.79 Å². The van der Waals surface area contributed by atoms with Crippen molar-refractivity contribution < 1.29 is 18.7 Å². The van der Waals surface area contributed by atoms with E-state index in [1.165, 1.54) is 12.5 Å². The lowest BCUT2D eigenvalue weighted by Gasteiger charge is -2.19. The van der Waals surface area contributed by atoms with Crippen molar-refractivity contribution in [3.05, 3.63) is 47.9 Å². The van der Waals surface area contributed by atoms with Gasteiger partial charge < -0.3 is 24.1 Å². The number of hydrogen-bond acceptors (Lipinski definition) is 5. The minimum absolute atomic E-state index is 0.174. The first-order valence-electron chi connectivity index (χ1n) is 8.50. The van der Waals surface area contributed by atoms with E-state index in [2.05, 4.69) is 24.1 Å². The summed E-state index contributed by atoms with van der Waals surface area (Å²) in [5, 5.41) is 2.84. The van der Waals surface area contributed by atoms with E-state index < -0.39 is 0 Å². The Balaban J connectivity index is 1.90. The maximum atomic E-state index is 11.9. The van der Waals surface area contributed by atoms with Gasteiger partial charge in [0.05, 0.1) is 18.9 Å². The van der Waals surface area contributed by atoms with Crippen LogP contribution in [0, 0.1) is 0 Å². The number of benzene rings is 1. The summed E-state index contributed by atoms with van der Waals surface area (Å²) >= 11 is 0. The lowest BCUT2D eigenvalue weighted by molar-refractivity contribution is 0.0950. The Morgan fingerprint density at radius 1 is 1.20 bits per heavy atom. The molecule has 0 atom stereocenters. The van der Waals surface area contributed by atoms with Crippen molar-refractivity contribution in [3.8, 4) is 11.5 Å². The fraction of sp³-hybridized carbons (Fsp3) is 0.421. The number of nitrogens with one attached hydrogen (secondary N) is 1. The quantitative estimate of drug-likeness (QED) is 0.717. The number of methoxy groups -OCH3 is 1. The topological polar surface area (TPSA) is 63.9 Å². The molecule has 1 heterocycles.